The highest BCUT2D eigenvalue weighted by Crippen LogP contribution is 2.12. The van der Waals surface area contributed by atoms with Gasteiger partial charge in [-0.2, -0.15) is 0 Å². The molecular formula is C16H24N2O5. The molecule has 7 heteroatoms. The van der Waals surface area contributed by atoms with Crippen LogP contribution in [0, 0.1) is 0 Å². The summed E-state index contributed by atoms with van der Waals surface area (Å²) in [6.45, 7) is 8.45. The van der Waals surface area contributed by atoms with E-state index in [2.05, 4.69) is 41.4 Å². The van der Waals surface area contributed by atoms with Crippen molar-refractivity contribution in [3.63, 3.8) is 0 Å². The number of aliphatic carboxylic acids is 2. The second-order valence-electron chi connectivity index (χ2n) is 5.05. The molecule has 0 atom stereocenters. The second kappa shape index (κ2) is 10.6. The van der Waals surface area contributed by atoms with Gasteiger partial charge in [0.15, 0.2) is 0 Å². The summed E-state index contributed by atoms with van der Waals surface area (Å²) in [5.74, 6) is -2.66. The number of carboxylic acids is 2. The summed E-state index contributed by atoms with van der Waals surface area (Å²) in [6.07, 6.45) is 1.08. The van der Waals surface area contributed by atoms with E-state index < -0.39 is 11.9 Å². The molecule has 1 aromatic rings. The van der Waals surface area contributed by atoms with Crippen LogP contribution < -0.4 is 10.1 Å². The number of benzene rings is 1. The predicted octanol–water partition coefficient (Wildman–Crippen LogP) is 0.689. The summed E-state index contributed by atoms with van der Waals surface area (Å²) in [7, 11) is 0. The molecule has 0 aliphatic carbocycles. The van der Waals surface area contributed by atoms with Gasteiger partial charge in [0.1, 0.15) is 12.4 Å². The fourth-order valence-corrected chi connectivity index (χ4v) is 2.05. The third kappa shape index (κ3) is 8.18. The number of nitrogens with one attached hydrogen (secondary N) is 1. The van der Waals surface area contributed by atoms with Crippen LogP contribution >= 0.6 is 0 Å². The zero-order valence-corrected chi connectivity index (χ0v) is 13.3. The fourth-order valence-electron chi connectivity index (χ4n) is 2.05. The Bertz CT molecular complexity index is 472. The van der Waals surface area contributed by atoms with Crippen LogP contribution in [0.4, 0.5) is 0 Å². The Balaban J connectivity index is 0.000000379. The SMILES string of the molecule is CCc1ccc(OCCN2CCNCC2)cc1.O=C(O)C(=O)O. The molecule has 1 heterocycles. The molecule has 3 N–H and O–H groups in total. The lowest BCUT2D eigenvalue weighted by molar-refractivity contribution is -0.159. The second-order valence-corrected chi connectivity index (χ2v) is 5.05. The number of hydrogen-bond acceptors (Lipinski definition) is 5. The van der Waals surface area contributed by atoms with Gasteiger partial charge in [-0.1, -0.05) is 19.1 Å². The van der Waals surface area contributed by atoms with Gasteiger partial charge in [0.05, 0.1) is 0 Å². The molecule has 1 fully saturated rings. The van der Waals surface area contributed by atoms with Crippen LogP contribution in [0.25, 0.3) is 0 Å². The van der Waals surface area contributed by atoms with E-state index in [0.717, 1.165) is 51.5 Å². The molecule has 0 aromatic heterocycles. The number of rotatable bonds is 5. The first-order chi connectivity index (χ1) is 11.0. The van der Waals surface area contributed by atoms with Crippen molar-refractivity contribution in [2.24, 2.45) is 0 Å². The third-order valence-corrected chi connectivity index (χ3v) is 3.40. The minimum atomic E-state index is -1.82. The molecule has 1 aliphatic heterocycles. The van der Waals surface area contributed by atoms with Crippen molar-refractivity contribution in [1.29, 1.82) is 0 Å². The van der Waals surface area contributed by atoms with Gasteiger partial charge < -0.3 is 20.3 Å². The number of piperazine rings is 1. The first-order valence-corrected chi connectivity index (χ1v) is 7.64. The number of hydrogen-bond donors (Lipinski definition) is 3. The van der Waals surface area contributed by atoms with Gasteiger partial charge in [-0.05, 0) is 24.1 Å². The van der Waals surface area contributed by atoms with Crippen molar-refractivity contribution >= 4 is 11.9 Å². The number of carbonyl (C=O) groups is 2. The molecule has 0 radical (unpaired) electrons. The molecule has 0 amide bonds. The molecule has 0 saturated carbocycles. The Labute approximate surface area is 135 Å². The van der Waals surface area contributed by atoms with E-state index in [1.807, 2.05) is 0 Å². The van der Waals surface area contributed by atoms with Crippen LogP contribution in [-0.2, 0) is 16.0 Å². The van der Waals surface area contributed by atoms with E-state index in [4.69, 9.17) is 24.5 Å². The molecular weight excluding hydrogens is 300 g/mol. The molecule has 1 aromatic carbocycles. The van der Waals surface area contributed by atoms with Gasteiger partial charge in [-0.3, -0.25) is 4.90 Å². The van der Waals surface area contributed by atoms with Crippen LogP contribution in [0.2, 0.25) is 0 Å². The zero-order valence-electron chi connectivity index (χ0n) is 13.3. The Morgan fingerprint density at radius 3 is 2.17 bits per heavy atom. The smallest absolute Gasteiger partial charge is 0.414 e. The Hall–Kier alpha value is -2.12. The Morgan fingerprint density at radius 2 is 1.70 bits per heavy atom. The lowest BCUT2D eigenvalue weighted by Crippen LogP contribution is -2.44. The minimum Gasteiger partial charge on any atom is -0.492 e. The fraction of sp³-hybridized carbons (Fsp3) is 0.500. The van der Waals surface area contributed by atoms with Crippen molar-refractivity contribution in [1.82, 2.24) is 10.2 Å². The highest BCUT2D eigenvalue weighted by Gasteiger charge is 2.08. The van der Waals surface area contributed by atoms with Gasteiger partial charge in [0.25, 0.3) is 0 Å². The molecule has 2 rings (SSSR count). The molecule has 0 bridgehead atoms. The maximum absolute atomic E-state index is 9.10. The van der Waals surface area contributed by atoms with Crippen LogP contribution in [0.5, 0.6) is 5.75 Å². The van der Waals surface area contributed by atoms with Crippen molar-refractivity contribution in [3.05, 3.63) is 29.8 Å². The number of ether oxygens (including phenoxy) is 1. The molecule has 0 unspecified atom stereocenters. The van der Waals surface area contributed by atoms with E-state index in [-0.39, 0.29) is 0 Å². The highest BCUT2D eigenvalue weighted by atomic mass is 16.5. The summed E-state index contributed by atoms with van der Waals surface area (Å²) >= 11 is 0. The van der Waals surface area contributed by atoms with Crippen LogP contribution in [-0.4, -0.2) is 66.4 Å². The summed E-state index contributed by atoms with van der Waals surface area (Å²) in [5.41, 5.74) is 1.36. The van der Waals surface area contributed by atoms with Crippen molar-refractivity contribution in [2.45, 2.75) is 13.3 Å². The predicted molar refractivity (Wildman–Crippen MR) is 85.9 cm³/mol. The first kappa shape index (κ1) is 18.9. The summed E-state index contributed by atoms with van der Waals surface area (Å²) in [5, 5.41) is 18.1. The number of carboxylic acid groups (broad SMARTS) is 2. The van der Waals surface area contributed by atoms with E-state index >= 15 is 0 Å². The minimum absolute atomic E-state index is 0.783. The molecule has 7 nitrogen and oxygen atoms in total. The van der Waals surface area contributed by atoms with Gasteiger partial charge in [-0.25, -0.2) is 9.59 Å². The molecule has 0 spiro atoms. The van der Waals surface area contributed by atoms with Crippen LogP contribution in [0.15, 0.2) is 24.3 Å². The molecule has 128 valence electrons. The summed E-state index contributed by atoms with van der Waals surface area (Å²) in [4.78, 5) is 20.6. The molecule has 1 saturated heterocycles. The maximum Gasteiger partial charge on any atom is 0.414 e. The average molecular weight is 324 g/mol. The lowest BCUT2D eigenvalue weighted by Gasteiger charge is -2.26. The number of nitrogens with zero attached hydrogens (tertiary/aromatic N) is 1. The van der Waals surface area contributed by atoms with Crippen molar-refractivity contribution in [2.75, 3.05) is 39.3 Å². The topological polar surface area (TPSA) is 99.1 Å². The van der Waals surface area contributed by atoms with Crippen LogP contribution in [0.3, 0.4) is 0 Å². The van der Waals surface area contributed by atoms with E-state index in [1.54, 1.807) is 0 Å². The van der Waals surface area contributed by atoms with Gasteiger partial charge in [-0.15, -0.1) is 0 Å². The Morgan fingerprint density at radius 1 is 1.13 bits per heavy atom. The summed E-state index contributed by atoms with van der Waals surface area (Å²) in [6, 6.07) is 8.41. The Kier molecular flexibility index (Phi) is 8.71. The average Bonchev–Trinajstić information content (AvgIpc) is 2.57. The molecule has 1 aliphatic rings. The van der Waals surface area contributed by atoms with Crippen LogP contribution in [0.1, 0.15) is 12.5 Å². The van der Waals surface area contributed by atoms with E-state index in [9.17, 15) is 0 Å². The van der Waals surface area contributed by atoms with Crippen molar-refractivity contribution < 1.29 is 24.5 Å². The van der Waals surface area contributed by atoms with Gasteiger partial charge in [0, 0.05) is 32.7 Å². The quantitative estimate of drug-likeness (QED) is 0.685. The normalized spacial score (nSPS) is 14.5. The first-order valence-electron chi connectivity index (χ1n) is 7.64. The molecule has 23 heavy (non-hydrogen) atoms. The maximum atomic E-state index is 9.10. The van der Waals surface area contributed by atoms with Gasteiger partial charge in [0.2, 0.25) is 0 Å². The standard InChI is InChI=1S/C14H22N2O.C2H2O4/c1-2-13-3-5-14(6-4-13)17-12-11-16-9-7-15-8-10-16;3-1(4)2(5)6/h3-6,15H,2,7-12H2,1H3;(H,3,4)(H,5,6). The third-order valence-electron chi connectivity index (χ3n) is 3.40. The monoisotopic (exact) mass is 324 g/mol. The van der Waals surface area contributed by atoms with E-state index in [1.165, 1.54) is 5.56 Å². The number of aryl methyl sites for hydroxylation is 1. The largest absolute Gasteiger partial charge is 0.492 e. The highest BCUT2D eigenvalue weighted by molar-refractivity contribution is 6.27. The summed E-state index contributed by atoms with van der Waals surface area (Å²) < 4.78 is 5.75. The zero-order chi connectivity index (χ0) is 17.1. The van der Waals surface area contributed by atoms with E-state index in [0.29, 0.717) is 0 Å². The lowest BCUT2D eigenvalue weighted by atomic mass is 10.2. The van der Waals surface area contributed by atoms with Crippen molar-refractivity contribution in [3.8, 4) is 5.75 Å². The van der Waals surface area contributed by atoms with Gasteiger partial charge >= 0.3 is 11.9 Å².